The van der Waals surface area contributed by atoms with Crippen LogP contribution in [0.1, 0.15) is 45.1 Å². The van der Waals surface area contributed by atoms with Crippen molar-refractivity contribution in [3.8, 4) is 0 Å². The van der Waals surface area contributed by atoms with E-state index in [0.717, 1.165) is 12.1 Å². The summed E-state index contributed by atoms with van der Waals surface area (Å²) in [5, 5.41) is 4.92. The van der Waals surface area contributed by atoms with Crippen molar-refractivity contribution in [1.29, 1.82) is 0 Å². The quantitative estimate of drug-likeness (QED) is 0.799. The molecule has 0 aliphatic rings. The van der Waals surface area contributed by atoms with Crippen molar-refractivity contribution in [2.24, 2.45) is 0 Å². The van der Waals surface area contributed by atoms with Gasteiger partial charge in [0.1, 0.15) is 0 Å². The SMILES string of the molecule is CCCC(CCC)NCc1cccc2cccnc12. The van der Waals surface area contributed by atoms with Crippen molar-refractivity contribution in [2.75, 3.05) is 0 Å². The fraction of sp³-hybridized carbons (Fsp3) is 0.471. The van der Waals surface area contributed by atoms with E-state index in [2.05, 4.69) is 48.4 Å². The zero-order valence-electron chi connectivity index (χ0n) is 12.0. The molecule has 1 aromatic heterocycles. The monoisotopic (exact) mass is 256 g/mol. The summed E-state index contributed by atoms with van der Waals surface area (Å²) in [4.78, 5) is 4.51. The number of pyridine rings is 1. The maximum atomic E-state index is 4.51. The molecule has 2 nitrogen and oxygen atoms in total. The van der Waals surface area contributed by atoms with Gasteiger partial charge < -0.3 is 5.32 Å². The van der Waals surface area contributed by atoms with Gasteiger partial charge in [0.05, 0.1) is 5.52 Å². The summed E-state index contributed by atoms with van der Waals surface area (Å²) in [6.07, 6.45) is 6.87. The minimum atomic E-state index is 0.633. The molecule has 2 heteroatoms. The highest BCUT2D eigenvalue weighted by Crippen LogP contribution is 2.16. The molecule has 0 amide bonds. The average Bonchev–Trinajstić information content (AvgIpc) is 2.45. The van der Waals surface area contributed by atoms with Crippen LogP contribution in [0.3, 0.4) is 0 Å². The number of fused-ring (bicyclic) bond motifs is 1. The fourth-order valence-corrected chi connectivity index (χ4v) is 2.61. The molecule has 19 heavy (non-hydrogen) atoms. The molecule has 2 rings (SSSR count). The van der Waals surface area contributed by atoms with Gasteiger partial charge >= 0.3 is 0 Å². The number of benzene rings is 1. The van der Waals surface area contributed by atoms with Gasteiger partial charge in [0.25, 0.3) is 0 Å². The van der Waals surface area contributed by atoms with Crippen LogP contribution in [-0.2, 0) is 6.54 Å². The lowest BCUT2D eigenvalue weighted by Crippen LogP contribution is -2.28. The fourth-order valence-electron chi connectivity index (χ4n) is 2.61. The van der Waals surface area contributed by atoms with Gasteiger partial charge in [0.2, 0.25) is 0 Å². The van der Waals surface area contributed by atoms with E-state index in [1.807, 2.05) is 12.3 Å². The van der Waals surface area contributed by atoms with Gasteiger partial charge in [-0.25, -0.2) is 0 Å². The third kappa shape index (κ3) is 3.77. The van der Waals surface area contributed by atoms with E-state index >= 15 is 0 Å². The Morgan fingerprint density at radius 2 is 1.79 bits per heavy atom. The predicted octanol–water partition coefficient (Wildman–Crippen LogP) is 4.29. The van der Waals surface area contributed by atoms with Crippen molar-refractivity contribution < 1.29 is 0 Å². The first kappa shape index (κ1) is 14.0. The van der Waals surface area contributed by atoms with Crippen LogP contribution >= 0.6 is 0 Å². The zero-order valence-corrected chi connectivity index (χ0v) is 12.0. The van der Waals surface area contributed by atoms with Crippen LogP contribution in [-0.4, -0.2) is 11.0 Å². The summed E-state index contributed by atoms with van der Waals surface area (Å²) in [6.45, 7) is 5.42. The van der Waals surface area contributed by atoms with Crippen LogP contribution in [0.2, 0.25) is 0 Å². The Balaban J connectivity index is 2.08. The maximum Gasteiger partial charge on any atom is 0.0746 e. The van der Waals surface area contributed by atoms with E-state index < -0.39 is 0 Å². The molecule has 0 bridgehead atoms. The van der Waals surface area contributed by atoms with Crippen LogP contribution in [0, 0.1) is 0 Å². The predicted molar refractivity (Wildman–Crippen MR) is 82.2 cm³/mol. The lowest BCUT2D eigenvalue weighted by molar-refractivity contribution is 0.444. The normalized spacial score (nSPS) is 11.3. The molecule has 0 spiro atoms. The second-order valence-electron chi connectivity index (χ2n) is 5.15. The second-order valence-corrected chi connectivity index (χ2v) is 5.15. The molecule has 1 aromatic carbocycles. The second kappa shape index (κ2) is 7.25. The average molecular weight is 256 g/mol. The summed E-state index contributed by atoms with van der Waals surface area (Å²) in [7, 11) is 0. The first-order valence-corrected chi connectivity index (χ1v) is 7.41. The molecule has 0 aliphatic heterocycles. The molecule has 0 radical (unpaired) electrons. The number of hydrogen-bond acceptors (Lipinski definition) is 2. The lowest BCUT2D eigenvalue weighted by atomic mass is 10.1. The lowest BCUT2D eigenvalue weighted by Gasteiger charge is -2.17. The summed E-state index contributed by atoms with van der Waals surface area (Å²) >= 11 is 0. The molecule has 0 fully saturated rings. The summed E-state index contributed by atoms with van der Waals surface area (Å²) in [6, 6.07) is 11.2. The highest BCUT2D eigenvalue weighted by molar-refractivity contribution is 5.81. The van der Waals surface area contributed by atoms with Crippen LogP contribution in [0.5, 0.6) is 0 Å². The van der Waals surface area contributed by atoms with Gasteiger partial charge in [-0.15, -0.1) is 0 Å². The number of nitrogens with one attached hydrogen (secondary N) is 1. The Bertz CT molecular complexity index is 496. The molecule has 0 saturated carbocycles. The zero-order chi connectivity index (χ0) is 13.5. The highest BCUT2D eigenvalue weighted by Gasteiger charge is 2.07. The topological polar surface area (TPSA) is 24.9 Å². The van der Waals surface area contributed by atoms with E-state index in [1.54, 1.807) is 0 Å². The minimum absolute atomic E-state index is 0.633. The van der Waals surface area contributed by atoms with Crippen molar-refractivity contribution in [1.82, 2.24) is 10.3 Å². The third-order valence-corrected chi connectivity index (χ3v) is 3.57. The van der Waals surface area contributed by atoms with E-state index in [9.17, 15) is 0 Å². The van der Waals surface area contributed by atoms with Gasteiger partial charge in [-0.3, -0.25) is 4.98 Å². The van der Waals surface area contributed by atoms with Gasteiger partial charge in [0, 0.05) is 24.2 Å². The first-order chi connectivity index (χ1) is 9.35. The van der Waals surface area contributed by atoms with Crippen molar-refractivity contribution in [3.05, 3.63) is 42.1 Å². The van der Waals surface area contributed by atoms with Crippen molar-refractivity contribution in [2.45, 2.75) is 52.1 Å². The van der Waals surface area contributed by atoms with Gasteiger partial charge in [0.15, 0.2) is 0 Å². The summed E-state index contributed by atoms with van der Waals surface area (Å²) < 4.78 is 0. The summed E-state index contributed by atoms with van der Waals surface area (Å²) in [5.41, 5.74) is 2.43. The van der Waals surface area contributed by atoms with Crippen molar-refractivity contribution in [3.63, 3.8) is 0 Å². The Morgan fingerprint density at radius 1 is 1.05 bits per heavy atom. The van der Waals surface area contributed by atoms with E-state index in [0.29, 0.717) is 6.04 Å². The molecule has 1 N–H and O–H groups in total. The number of nitrogens with zero attached hydrogens (tertiary/aromatic N) is 1. The molecule has 102 valence electrons. The first-order valence-electron chi connectivity index (χ1n) is 7.41. The van der Waals surface area contributed by atoms with Crippen LogP contribution in [0.4, 0.5) is 0 Å². The third-order valence-electron chi connectivity index (χ3n) is 3.57. The Kier molecular flexibility index (Phi) is 5.34. The molecule has 0 unspecified atom stereocenters. The number of para-hydroxylation sites is 1. The van der Waals surface area contributed by atoms with E-state index in [4.69, 9.17) is 0 Å². The van der Waals surface area contributed by atoms with Crippen LogP contribution in [0.25, 0.3) is 10.9 Å². The molecule has 1 heterocycles. The molecule has 0 aliphatic carbocycles. The molecular formula is C17H24N2. The number of hydrogen-bond donors (Lipinski definition) is 1. The summed E-state index contributed by atoms with van der Waals surface area (Å²) in [5.74, 6) is 0. The van der Waals surface area contributed by atoms with E-state index in [1.165, 1.54) is 36.6 Å². The Morgan fingerprint density at radius 3 is 2.53 bits per heavy atom. The standard InChI is InChI=1S/C17H24N2/c1-3-7-16(8-4-2)19-13-15-10-5-9-14-11-6-12-18-17(14)15/h5-6,9-12,16,19H,3-4,7-8,13H2,1-2H3. The van der Waals surface area contributed by atoms with E-state index in [-0.39, 0.29) is 0 Å². The largest absolute Gasteiger partial charge is 0.310 e. The van der Waals surface area contributed by atoms with Crippen LogP contribution in [0.15, 0.2) is 36.5 Å². The minimum Gasteiger partial charge on any atom is -0.310 e. The number of aromatic nitrogens is 1. The van der Waals surface area contributed by atoms with Gasteiger partial charge in [-0.1, -0.05) is 51.0 Å². The van der Waals surface area contributed by atoms with Crippen LogP contribution < -0.4 is 5.32 Å². The molecular weight excluding hydrogens is 232 g/mol. The molecule has 0 atom stereocenters. The van der Waals surface area contributed by atoms with Gasteiger partial charge in [-0.2, -0.15) is 0 Å². The smallest absolute Gasteiger partial charge is 0.0746 e. The number of rotatable bonds is 7. The Labute approximate surface area is 116 Å². The van der Waals surface area contributed by atoms with Gasteiger partial charge in [-0.05, 0) is 24.5 Å². The van der Waals surface area contributed by atoms with Crippen molar-refractivity contribution >= 4 is 10.9 Å². The molecule has 0 saturated heterocycles. The highest BCUT2D eigenvalue weighted by atomic mass is 14.9. The maximum absolute atomic E-state index is 4.51. The molecule has 2 aromatic rings. The Hall–Kier alpha value is -1.41.